The molecule has 1 aromatic carbocycles. The lowest BCUT2D eigenvalue weighted by atomic mass is 10.1. The van der Waals surface area contributed by atoms with E-state index in [0.29, 0.717) is 38.6 Å². The van der Waals surface area contributed by atoms with Crippen LogP contribution in [-0.4, -0.2) is 66.8 Å². The van der Waals surface area contributed by atoms with E-state index in [4.69, 9.17) is 4.52 Å². The summed E-state index contributed by atoms with van der Waals surface area (Å²) in [4.78, 5) is 24.5. The summed E-state index contributed by atoms with van der Waals surface area (Å²) in [5.74, 6) is 0.384. The summed E-state index contributed by atoms with van der Waals surface area (Å²) in [5.41, 5.74) is -0.528. The standard InChI is InChI=1S/C19H20F3N7O2/c1-13(29-12-23-11-24-29)18(30)28-7-5-27(6-8-28)10-16-25-17(26-31-16)14-3-2-4-15(9-14)19(20,21)22/h2-4,9,11-13H,5-8,10H2,1H3. The van der Waals surface area contributed by atoms with Crippen molar-refractivity contribution in [3.8, 4) is 11.4 Å². The lowest BCUT2D eigenvalue weighted by Gasteiger charge is -2.35. The van der Waals surface area contributed by atoms with Crippen LogP contribution in [-0.2, 0) is 17.5 Å². The van der Waals surface area contributed by atoms with Crippen LogP contribution in [0.25, 0.3) is 11.4 Å². The van der Waals surface area contributed by atoms with Crippen LogP contribution < -0.4 is 0 Å². The Morgan fingerprint density at radius 3 is 2.68 bits per heavy atom. The Kier molecular flexibility index (Phi) is 5.72. The largest absolute Gasteiger partial charge is 0.416 e. The van der Waals surface area contributed by atoms with Crippen LogP contribution in [0.5, 0.6) is 0 Å². The molecule has 1 amide bonds. The van der Waals surface area contributed by atoms with Gasteiger partial charge in [-0.15, -0.1) is 0 Å². The summed E-state index contributed by atoms with van der Waals surface area (Å²) in [6.07, 6.45) is -1.54. The summed E-state index contributed by atoms with van der Waals surface area (Å²) < 4.78 is 45.5. The first-order chi connectivity index (χ1) is 14.8. The molecular formula is C19H20F3N7O2. The van der Waals surface area contributed by atoms with Gasteiger partial charge in [0.15, 0.2) is 0 Å². The Bertz CT molecular complexity index is 1030. The van der Waals surface area contributed by atoms with Gasteiger partial charge < -0.3 is 9.42 Å². The molecule has 4 rings (SSSR count). The van der Waals surface area contributed by atoms with E-state index in [9.17, 15) is 18.0 Å². The van der Waals surface area contributed by atoms with Crippen molar-refractivity contribution in [2.24, 2.45) is 0 Å². The fourth-order valence-electron chi connectivity index (χ4n) is 3.38. The van der Waals surface area contributed by atoms with Crippen molar-refractivity contribution >= 4 is 5.91 Å². The molecule has 1 aliphatic rings. The van der Waals surface area contributed by atoms with Gasteiger partial charge in [0.2, 0.25) is 17.6 Å². The van der Waals surface area contributed by atoms with Crippen molar-refractivity contribution in [3.05, 3.63) is 48.4 Å². The summed E-state index contributed by atoms with van der Waals surface area (Å²) in [7, 11) is 0. The first kappa shape index (κ1) is 21.0. The molecule has 1 aliphatic heterocycles. The second kappa shape index (κ2) is 8.46. The summed E-state index contributed by atoms with van der Waals surface area (Å²) in [6.45, 7) is 4.41. The Labute approximate surface area is 175 Å². The van der Waals surface area contributed by atoms with E-state index in [1.165, 1.54) is 29.5 Å². The molecule has 3 heterocycles. The SMILES string of the molecule is CC(C(=O)N1CCN(Cc2nc(-c3cccc(C(F)(F)F)c3)no2)CC1)n1cncn1. The highest BCUT2D eigenvalue weighted by molar-refractivity contribution is 5.80. The van der Waals surface area contributed by atoms with Crippen molar-refractivity contribution in [2.75, 3.05) is 26.2 Å². The van der Waals surface area contributed by atoms with Crippen LogP contribution in [0.2, 0.25) is 0 Å². The predicted octanol–water partition coefficient (Wildman–Crippen LogP) is 2.25. The number of carbonyl (C=O) groups excluding carboxylic acids is 1. The van der Waals surface area contributed by atoms with Gasteiger partial charge in [-0.25, -0.2) is 9.67 Å². The van der Waals surface area contributed by atoms with Gasteiger partial charge in [-0.3, -0.25) is 9.69 Å². The molecule has 31 heavy (non-hydrogen) atoms. The van der Waals surface area contributed by atoms with Crippen LogP contribution in [0, 0.1) is 0 Å². The second-order valence-corrected chi connectivity index (χ2v) is 7.24. The summed E-state index contributed by atoms with van der Waals surface area (Å²) in [5, 5.41) is 7.82. The molecule has 0 bridgehead atoms. The van der Waals surface area contributed by atoms with Crippen molar-refractivity contribution in [1.82, 2.24) is 34.7 Å². The zero-order valence-electron chi connectivity index (χ0n) is 16.7. The quantitative estimate of drug-likeness (QED) is 0.607. The van der Waals surface area contributed by atoms with Gasteiger partial charge in [-0.2, -0.15) is 23.3 Å². The third-order valence-corrected chi connectivity index (χ3v) is 5.15. The van der Waals surface area contributed by atoms with E-state index in [-0.39, 0.29) is 17.3 Å². The number of carbonyl (C=O) groups is 1. The van der Waals surface area contributed by atoms with E-state index in [1.807, 2.05) is 4.90 Å². The maximum Gasteiger partial charge on any atom is 0.416 e. The highest BCUT2D eigenvalue weighted by atomic mass is 19.4. The molecule has 2 aromatic heterocycles. The molecule has 1 fully saturated rings. The van der Waals surface area contributed by atoms with Gasteiger partial charge in [0.25, 0.3) is 0 Å². The molecule has 0 saturated carbocycles. The molecule has 1 atom stereocenters. The number of piperazine rings is 1. The third kappa shape index (κ3) is 4.74. The smallest absolute Gasteiger partial charge is 0.338 e. The molecule has 9 nitrogen and oxygen atoms in total. The summed E-state index contributed by atoms with van der Waals surface area (Å²) >= 11 is 0. The molecule has 0 aliphatic carbocycles. The predicted molar refractivity (Wildman–Crippen MR) is 101 cm³/mol. The average Bonchev–Trinajstić information content (AvgIpc) is 3.45. The van der Waals surface area contributed by atoms with Gasteiger partial charge >= 0.3 is 6.18 Å². The lowest BCUT2D eigenvalue weighted by molar-refractivity contribution is -0.138. The number of halogens is 3. The van der Waals surface area contributed by atoms with Gasteiger partial charge in [0, 0.05) is 31.7 Å². The van der Waals surface area contributed by atoms with Crippen molar-refractivity contribution in [1.29, 1.82) is 0 Å². The number of aromatic nitrogens is 5. The molecular weight excluding hydrogens is 415 g/mol. The molecule has 0 spiro atoms. The van der Waals surface area contributed by atoms with Gasteiger partial charge in [0.1, 0.15) is 18.7 Å². The number of hydrogen-bond donors (Lipinski definition) is 0. The summed E-state index contributed by atoms with van der Waals surface area (Å²) in [6, 6.07) is 4.37. The normalized spacial score (nSPS) is 16.5. The van der Waals surface area contributed by atoms with Gasteiger partial charge in [0.05, 0.1) is 12.1 Å². The number of hydrogen-bond acceptors (Lipinski definition) is 7. The Morgan fingerprint density at radius 2 is 2.00 bits per heavy atom. The second-order valence-electron chi connectivity index (χ2n) is 7.24. The lowest BCUT2D eigenvalue weighted by Crippen LogP contribution is -2.50. The zero-order valence-corrected chi connectivity index (χ0v) is 16.7. The number of nitrogens with zero attached hydrogens (tertiary/aromatic N) is 7. The number of rotatable bonds is 5. The Morgan fingerprint density at radius 1 is 1.23 bits per heavy atom. The van der Waals surface area contributed by atoms with E-state index >= 15 is 0 Å². The van der Waals surface area contributed by atoms with Gasteiger partial charge in [-0.05, 0) is 19.1 Å². The van der Waals surface area contributed by atoms with Crippen LogP contribution >= 0.6 is 0 Å². The minimum Gasteiger partial charge on any atom is -0.338 e. The number of amides is 1. The van der Waals surface area contributed by atoms with E-state index in [2.05, 4.69) is 20.2 Å². The molecule has 0 N–H and O–H groups in total. The maximum atomic E-state index is 12.9. The minimum atomic E-state index is -4.44. The van der Waals surface area contributed by atoms with Crippen molar-refractivity contribution < 1.29 is 22.5 Å². The Hall–Kier alpha value is -3.28. The van der Waals surface area contributed by atoms with E-state index in [1.54, 1.807) is 11.8 Å². The topological polar surface area (TPSA) is 93.2 Å². The molecule has 1 saturated heterocycles. The third-order valence-electron chi connectivity index (χ3n) is 5.15. The number of benzene rings is 1. The van der Waals surface area contributed by atoms with E-state index in [0.717, 1.165) is 12.1 Å². The van der Waals surface area contributed by atoms with Crippen molar-refractivity contribution in [3.63, 3.8) is 0 Å². The average molecular weight is 435 g/mol. The van der Waals surface area contributed by atoms with E-state index < -0.39 is 17.8 Å². The Balaban J connectivity index is 1.34. The number of alkyl halides is 3. The molecule has 3 aromatic rings. The van der Waals surface area contributed by atoms with Gasteiger partial charge in [-0.1, -0.05) is 17.3 Å². The van der Waals surface area contributed by atoms with Crippen LogP contribution in [0.3, 0.4) is 0 Å². The molecule has 1 unspecified atom stereocenters. The highest BCUT2D eigenvalue weighted by Gasteiger charge is 2.31. The molecule has 0 radical (unpaired) electrons. The monoisotopic (exact) mass is 435 g/mol. The first-order valence-corrected chi connectivity index (χ1v) is 9.67. The molecule has 164 valence electrons. The van der Waals surface area contributed by atoms with Crippen LogP contribution in [0.15, 0.2) is 41.4 Å². The van der Waals surface area contributed by atoms with Crippen molar-refractivity contribution in [2.45, 2.75) is 25.7 Å². The maximum absolute atomic E-state index is 12.9. The zero-order chi connectivity index (χ0) is 22.0. The fourth-order valence-corrected chi connectivity index (χ4v) is 3.38. The first-order valence-electron chi connectivity index (χ1n) is 9.67. The molecule has 12 heteroatoms. The minimum absolute atomic E-state index is 0.0326. The van der Waals surface area contributed by atoms with Crippen LogP contribution in [0.4, 0.5) is 13.2 Å². The fraction of sp³-hybridized carbons (Fsp3) is 0.421. The van der Waals surface area contributed by atoms with Crippen LogP contribution in [0.1, 0.15) is 24.4 Å². The highest BCUT2D eigenvalue weighted by Crippen LogP contribution is 2.31.